The van der Waals surface area contributed by atoms with Crippen LogP contribution in [0.2, 0.25) is 0 Å². The van der Waals surface area contributed by atoms with Gasteiger partial charge in [-0.05, 0) is 48.7 Å². The van der Waals surface area contributed by atoms with Gasteiger partial charge in [0.1, 0.15) is 0 Å². The summed E-state index contributed by atoms with van der Waals surface area (Å²) in [4.78, 5) is 46.2. The minimum Gasteiger partial charge on any atom is -0.481 e. The number of nitrogens with zero attached hydrogens (tertiary/aromatic N) is 6. The summed E-state index contributed by atoms with van der Waals surface area (Å²) in [6.07, 6.45) is 0.0865. The number of piperazine rings is 1. The molecule has 1 saturated heterocycles. The summed E-state index contributed by atoms with van der Waals surface area (Å²) in [5.74, 6) is -2.50. The Morgan fingerprint density at radius 1 is 1.05 bits per heavy atom. The third-order valence-electron chi connectivity index (χ3n) is 7.53. The number of aryl methyl sites for hydroxylation is 1. The second-order valence-corrected chi connectivity index (χ2v) is 11.3. The van der Waals surface area contributed by atoms with Crippen LogP contribution in [0.15, 0.2) is 30.5 Å². The second-order valence-electron chi connectivity index (χ2n) is 11.3. The predicted octanol–water partition coefficient (Wildman–Crippen LogP) is 1.47. The zero-order chi connectivity index (χ0) is 31.5. The quantitative estimate of drug-likeness (QED) is 0.266. The number of nitrogens with one attached hydrogen (secondary N) is 2. The van der Waals surface area contributed by atoms with Crippen molar-refractivity contribution in [1.82, 2.24) is 30.0 Å². The molecule has 14 heteroatoms. The SMILES string of the molecule is CNC(=O)c1nn(C)c2c1C(C)(C)Cc1cnc(Nc3ccc(N4CCN(C)CC4)cc3)nc1-2.O=C(O)C[C@H](O)C(=O)O. The molecule has 2 aromatic heterocycles. The number of fused-ring (bicyclic) bond motifs is 3. The fourth-order valence-electron chi connectivity index (χ4n) is 5.28. The Labute approximate surface area is 249 Å². The summed E-state index contributed by atoms with van der Waals surface area (Å²) in [5, 5.41) is 34.7. The molecule has 2 aliphatic rings. The van der Waals surface area contributed by atoms with E-state index in [0.717, 1.165) is 60.8 Å². The Hall–Kier alpha value is -4.56. The Morgan fingerprint density at radius 2 is 1.70 bits per heavy atom. The van der Waals surface area contributed by atoms with Crippen molar-refractivity contribution in [3.63, 3.8) is 0 Å². The van der Waals surface area contributed by atoms with Crippen LogP contribution >= 0.6 is 0 Å². The number of anilines is 3. The number of benzene rings is 1. The molecule has 1 atom stereocenters. The largest absolute Gasteiger partial charge is 0.481 e. The van der Waals surface area contributed by atoms with Gasteiger partial charge in [-0.15, -0.1) is 0 Å². The third-order valence-corrected chi connectivity index (χ3v) is 7.53. The number of amides is 1. The Bertz CT molecular complexity index is 1500. The molecule has 3 heterocycles. The van der Waals surface area contributed by atoms with Crippen LogP contribution in [0.5, 0.6) is 0 Å². The fourth-order valence-corrected chi connectivity index (χ4v) is 5.28. The number of hydrogen-bond acceptors (Lipinski definition) is 10. The molecular weight excluding hydrogens is 556 g/mol. The average molecular weight is 595 g/mol. The van der Waals surface area contributed by atoms with E-state index in [9.17, 15) is 14.4 Å². The molecule has 5 rings (SSSR count). The zero-order valence-corrected chi connectivity index (χ0v) is 25.0. The molecule has 0 radical (unpaired) electrons. The van der Waals surface area contributed by atoms with Crippen LogP contribution in [0.25, 0.3) is 11.4 Å². The number of likely N-dealkylation sites (N-methyl/N-ethyl adjacent to an activating group) is 1. The molecule has 0 bridgehead atoms. The van der Waals surface area contributed by atoms with Gasteiger partial charge in [0, 0.05) is 63.4 Å². The van der Waals surface area contributed by atoms with Gasteiger partial charge in [-0.25, -0.2) is 14.8 Å². The van der Waals surface area contributed by atoms with Crippen LogP contribution in [-0.4, -0.2) is 104 Å². The molecule has 1 aliphatic heterocycles. The standard InChI is InChI=1S/C25H32N8O.C4H6O5/c1-25(2)14-16-15-27-24(29-20(16)22-19(25)21(23(34)26-3)30-32(22)5)28-17-6-8-18(9-7-17)33-12-10-31(4)11-13-33;5-2(4(8)9)1-3(6)7/h6-9,15H,10-14H2,1-5H3,(H,26,34)(H,27,28,29);2,5H,1H2,(H,6,7)(H,8,9)/t;2-/m.0/s1. The predicted molar refractivity (Wildman–Crippen MR) is 160 cm³/mol. The first-order chi connectivity index (χ1) is 20.3. The van der Waals surface area contributed by atoms with E-state index in [1.165, 1.54) is 5.69 Å². The molecule has 0 saturated carbocycles. The van der Waals surface area contributed by atoms with E-state index in [0.29, 0.717) is 11.6 Å². The lowest BCUT2D eigenvalue weighted by molar-refractivity contribution is -0.152. The normalized spacial score (nSPS) is 16.2. The second kappa shape index (κ2) is 12.8. The number of carbonyl (C=O) groups excluding carboxylic acids is 1. The number of hydrogen-bond donors (Lipinski definition) is 5. The Kier molecular flexibility index (Phi) is 9.30. The Balaban J connectivity index is 0.000000410. The van der Waals surface area contributed by atoms with E-state index in [4.69, 9.17) is 20.3 Å². The van der Waals surface area contributed by atoms with E-state index in [-0.39, 0.29) is 11.3 Å². The first-order valence-electron chi connectivity index (χ1n) is 13.9. The molecule has 1 amide bonds. The summed E-state index contributed by atoms with van der Waals surface area (Å²) in [6, 6.07) is 8.42. The molecule has 1 aliphatic carbocycles. The van der Waals surface area contributed by atoms with Crippen molar-refractivity contribution in [3.05, 3.63) is 47.3 Å². The maximum absolute atomic E-state index is 12.5. The topological polar surface area (TPSA) is 186 Å². The van der Waals surface area contributed by atoms with Gasteiger partial charge in [0.2, 0.25) is 5.95 Å². The summed E-state index contributed by atoms with van der Waals surface area (Å²) >= 11 is 0. The molecular formula is C29H38N8O6. The summed E-state index contributed by atoms with van der Waals surface area (Å²) < 4.78 is 1.77. The third kappa shape index (κ3) is 7.09. The van der Waals surface area contributed by atoms with Crippen LogP contribution in [0, 0.1) is 0 Å². The number of aliphatic carboxylic acids is 2. The van der Waals surface area contributed by atoms with E-state index < -0.39 is 24.5 Å². The smallest absolute Gasteiger partial charge is 0.333 e. The number of rotatable bonds is 7. The molecule has 230 valence electrons. The minimum atomic E-state index is -1.79. The monoisotopic (exact) mass is 594 g/mol. The average Bonchev–Trinajstić information content (AvgIpc) is 3.32. The van der Waals surface area contributed by atoms with E-state index in [1.807, 2.05) is 13.2 Å². The zero-order valence-electron chi connectivity index (χ0n) is 25.0. The number of carbonyl (C=O) groups is 3. The van der Waals surface area contributed by atoms with Crippen LogP contribution in [-0.2, 0) is 28.5 Å². The van der Waals surface area contributed by atoms with Crippen LogP contribution < -0.4 is 15.5 Å². The van der Waals surface area contributed by atoms with E-state index in [2.05, 4.69) is 75.7 Å². The van der Waals surface area contributed by atoms with Gasteiger partial charge in [-0.2, -0.15) is 5.10 Å². The van der Waals surface area contributed by atoms with Crippen LogP contribution in [0.3, 0.4) is 0 Å². The van der Waals surface area contributed by atoms with Crippen LogP contribution in [0.1, 0.15) is 41.9 Å². The van der Waals surface area contributed by atoms with Crippen molar-refractivity contribution in [2.45, 2.75) is 38.2 Å². The highest BCUT2D eigenvalue weighted by atomic mass is 16.4. The summed E-state index contributed by atoms with van der Waals surface area (Å²) in [5.41, 5.74) is 6.06. The highest BCUT2D eigenvalue weighted by Gasteiger charge is 2.39. The van der Waals surface area contributed by atoms with Gasteiger partial charge < -0.3 is 35.8 Å². The van der Waals surface area contributed by atoms with Crippen molar-refractivity contribution in [2.75, 3.05) is 50.5 Å². The van der Waals surface area contributed by atoms with Gasteiger partial charge in [-0.1, -0.05) is 13.8 Å². The molecule has 1 aromatic carbocycles. The molecule has 43 heavy (non-hydrogen) atoms. The maximum Gasteiger partial charge on any atom is 0.333 e. The number of carboxylic acid groups (broad SMARTS) is 2. The number of aromatic nitrogens is 4. The van der Waals surface area contributed by atoms with Crippen molar-refractivity contribution in [3.8, 4) is 11.4 Å². The lowest BCUT2D eigenvalue weighted by Gasteiger charge is -2.34. The molecule has 0 spiro atoms. The molecule has 1 fully saturated rings. The molecule has 14 nitrogen and oxygen atoms in total. The molecule has 5 N–H and O–H groups in total. The number of aliphatic hydroxyl groups is 1. The molecule has 0 unspecified atom stereocenters. The highest BCUT2D eigenvalue weighted by Crippen LogP contribution is 2.43. The fraction of sp³-hybridized carbons (Fsp3) is 0.448. The lowest BCUT2D eigenvalue weighted by atomic mass is 9.73. The highest BCUT2D eigenvalue weighted by molar-refractivity contribution is 5.96. The number of aliphatic hydroxyl groups excluding tert-OH is 1. The van der Waals surface area contributed by atoms with Gasteiger partial charge in [0.25, 0.3) is 5.91 Å². The van der Waals surface area contributed by atoms with E-state index in [1.54, 1.807) is 11.7 Å². The van der Waals surface area contributed by atoms with Crippen molar-refractivity contribution in [2.24, 2.45) is 7.05 Å². The maximum atomic E-state index is 12.5. The summed E-state index contributed by atoms with van der Waals surface area (Å²) in [6.45, 7) is 8.51. The van der Waals surface area contributed by atoms with Crippen molar-refractivity contribution in [1.29, 1.82) is 0 Å². The summed E-state index contributed by atoms with van der Waals surface area (Å²) in [7, 11) is 5.66. The Morgan fingerprint density at radius 3 is 2.26 bits per heavy atom. The first-order valence-corrected chi connectivity index (χ1v) is 13.9. The van der Waals surface area contributed by atoms with Gasteiger partial charge in [0.15, 0.2) is 11.8 Å². The van der Waals surface area contributed by atoms with E-state index >= 15 is 0 Å². The molecule has 3 aromatic rings. The van der Waals surface area contributed by atoms with Gasteiger partial charge in [-0.3, -0.25) is 14.3 Å². The van der Waals surface area contributed by atoms with Gasteiger partial charge in [0.05, 0.1) is 17.8 Å². The van der Waals surface area contributed by atoms with Crippen molar-refractivity contribution < 1.29 is 29.7 Å². The number of carboxylic acids is 2. The van der Waals surface area contributed by atoms with Crippen molar-refractivity contribution >= 4 is 35.2 Å². The van der Waals surface area contributed by atoms with Gasteiger partial charge >= 0.3 is 11.9 Å². The first kappa shape index (κ1) is 31.4. The minimum absolute atomic E-state index is 0.179. The van der Waals surface area contributed by atoms with Crippen LogP contribution in [0.4, 0.5) is 17.3 Å². The lowest BCUT2D eigenvalue weighted by Crippen LogP contribution is -2.44.